The zero-order chi connectivity index (χ0) is 15.4. The molecule has 0 saturated carbocycles. The van der Waals surface area contributed by atoms with Crippen LogP contribution in [-0.2, 0) is 0 Å². The van der Waals surface area contributed by atoms with Gasteiger partial charge in [-0.25, -0.2) is 4.98 Å². The Bertz CT molecular complexity index is 741. The van der Waals surface area contributed by atoms with Gasteiger partial charge < -0.3 is 15.2 Å². The van der Waals surface area contributed by atoms with Crippen LogP contribution < -0.4 is 15.2 Å². The fourth-order valence-electron chi connectivity index (χ4n) is 1.55. The number of ether oxygens (including phenoxy) is 2. The maximum absolute atomic E-state index is 11.0. The zero-order valence-corrected chi connectivity index (χ0v) is 10.8. The number of nitrogens with two attached hydrogens (primary N) is 1. The monoisotopic (exact) mass is 287 g/mol. The van der Waals surface area contributed by atoms with E-state index in [-0.39, 0.29) is 23.2 Å². The minimum atomic E-state index is -0.735. The van der Waals surface area contributed by atoms with E-state index in [1.807, 2.05) is 6.07 Å². The molecule has 1 aromatic carbocycles. The van der Waals surface area contributed by atoms with Crippen molar-refractivity contribution in [2.45, 2.75) is 0 Å². The Balaban J connectivity index is 2.46. The lowest BCUT2D eigenvalue weighted by atomic mass is 10.2. The molecule has 21 heavy (non-hydrogen) atoms. The largest absolute Gasteiger partial charge is 0.493 e. The standard InChI is InChI=1S/C12H9N5O4/c1-20-9-4-7(5-13)2-3-8(9)21-12-10(17(18)19)11(14)15-6-16-12/h2-4,6H,1H3,(H2,14,15,16). The van der Waals surface area contributed by atoms with Gasteiger partial charge in [0.25, 0.3) is 0 Å². The Hall–Kier alpha value is -3.41. The maximum Gasteiger partial charge on any atom is 0.372 e. The molecule has 2 aromatic rings. The molecule has 0 aliphatic heterocycles. The summed E-state index contributed by atoms with van der Waals surface area (Å²) in [6.07, 6.45) is 1.05. The Morgan fingerprint density at radius 1 is 1.38 bits per heavy atom. The van der Waals surface area contributed by atoms with Gasteiger partial charge in [0, 0.05) is 6.07 Å². The number of nitro groups is 1. The molecule has 0 saturated heterocycles. The SMILES string of the molecule is COc1cc(C#N)ccc1Oc1ncnc(N)c1[N+](=O)[O-]. The number of nitrogens with zero attached hydrogens (tertiary/aromatic N) is 4. The number of methoxy groups -OCH3 is 1. The Labute approximate surface area is 118 Å². The van der Waals surface area contributed by atoms with Crippen molar-refractivity contribution in [1.82, 2.24) is 9.97 Å². The van der Waals surface area contributed by atoms with Crippen LogP contribution in [0, 0.1) is 21.4 Å². The molecule has 1 aromatic heterocycles. The normalized spacial score (nSPS) is 9.71. The molecule has 0 fully saturated rings. The van der Waals surface area contributed by atoms with Crippen molar-refractivity contribution >= 4 is 11.5 Å². The van der Waals surface area contributed by atoms with Crippen molar-refractivity contribution in [2.24, 2.45) is 0 Å². The third-order valence-corrected chi connectivity index (χ3v) is 2.50. The third kappa shape index (κ3) is 2.79. The summed E-state index contributed by atoms with van der Waals surface area (Å²) in [5, 5.41) is 19.8. The Kier molecular flexibility index (Phi) is 3.80. The van der Waals surface area contributed by atoms with Gasteiger partial charge >= 0.3 is 11.6 Å². The minimum absolute atomic E-state index is 0.165. The molecule has 2 rings (SSSR count). The molecule has 1 heterocycles. The van der Waals surface area contributed by atoms with E-state index >= 15 is 0 Å². The van der Waals surface area contributed by atoms with Gasteiger partial charge in [-0.1, -0.05) is 0 Å². The van der Waals surface area contributed by atoms with Crippen molar-refractivity contribution < 1.29 is 14.4 Å². The molecule has 0 atom stereocenters. The number of benzene rings is 1. The van der Waals surface area contributed by atoms with E-state index in [0.717, 1.165) is 6.33 Å². The number of aromatic nitrogens is 2. The molecular formula is C12H9N5O4. The van der Waals surface area contributed by atoms with Crippen molar-refractivity contribution in [1.29, 1.82) is 5.26 Å². The van der Waals surface area contributed by atoms with Crippen LogP contribution in [0.4, 0.5) is 11.5 Å². The highest BCUT2D eigenvalue weighted by atomic mass is 16.6. The molecular weight excluding hydrogens is 278 g/mol. The first-order chi connectivity index (χ1) is 10.1. The Morgan fingerprint density at radius 2 is 2.14 bits per heavy atom. The minimum Gasteiger partial charge on any atom is -0.493 e. The van der Waals surface area contributed by atoms with Crippen LogP contribution in [0.25, 0.3) is 0 Å². The number of hydrogen-bond donors (Lipinski definition) is 1. The quantitative estimate of drug-likeness (QED) is 0.661. The smallest absolute Gasteiger partial charge is 0.372 e. The highest BCUT2D eigenvalue weighted by molar-refractivity contribution is 5.59. The van der Waals surface area contributed by atoms with Gasteiger partial charge in [-0.05, 0) is 12.1 Å². The second-order valence-electron chi connectivity index (χ2n) is 3.75. The van der Waals surface area contributed by atoms with Crippen molar-refractivity contribution in [3.63, 3.8) is 0 Å². The second kappa shape index (κ2) is 5.70. The molecule has 9 nitrogen and oxygen atoms in total. The predicted molar refractivity (Wildman–Crippen MR) is 70.9 cm³/mol. The molecule has 0 amide bonds. The second-order valence-corrected chi connectivity index (χ2v) is 3.75. The lowest BCUT2D eigenvalue weighted by Crippen LogP contribution is -2.03. The van der Waals surface area contributed by atoms with Gasteiger partial charge in [0.1, 0.15) is 6.33 Å². The fourth-order valence-corrected chi connectivity index (χ4v) is 1.55. The number of hydrogen-bond acceptors (Lipinski definition) is 8. The predicted octanol–water partition coefficient (Wildman–Crippen LogP) is 1.64. The number of rotatable bonds is 4. The van der Waals surface area contributed by atoms with Crippen LogP contribution in [-0.4, -0.2) is 22.0 Å². The summed E-state index contributed by atoms with van der Waals surface area (Å²) in [6.45, 7) is 0. The first-order valence-corrected chi connectivity index (χ1v) is 5.57. The summed E-state index contributed by atoms with van der Waals surface area (Å²) in [5.41, 5.74) is 5.26. The lowest BCUT2D eigenvalue weighted by Gasteiger charge is -2.10. The summed E-state index contributed by atoms with van der Waals surface area (Å²) in [5.74, 6) is -0.216. The molecule has 0 aliphatic rings. The molecule has 9 heteroatoms. The molecule has 0 bridgehead atoms. The lowest BCUT2D eigenvalue weighted by molar-refractivity contribution is -0.385. The number of anilines is 1. The number of nitrogen functional groups attached to an aromatic ring is 1. The summed E-state index contributed by atoms with van der Waals surface area (Å²) in [7, 11) is 1.38. The van der Waals surface area contributed by atoms with E-state index in [2.05, 4.69) is 9.97 Å². The van der Waals surface area contributed by atoms with E-state index in [0.29, 0.717) is 5.56 Å². The van der Waals surface area contributed by atoms with Crippen LogP contribution in [0.15, 0.2) is 24.5 Å². The molecule has 2 N–H and O–H groups in total. The molecule has 0 spiro atoms. The van der Waals surface area contributed by atoms with E-state index in [4.69, 9.17) is 20.5 Å². The van der Waals surface area contributed by atoms with Gasteiger partial charge in [0.05, 0.1) is 23.7 Å². The summed E-state index contributed by atoms with van der Waals surface area (Å²) < 4.78 is 10.4. The average molecular weight is 287 g/mol. The van der Waals surface area contributed by atoms with E-state index < -0.39 is 10.6 Å². The van der Waals surface area contributed by atoms with Gasteiger partial charge in [0.15, 0.2) is 11.5 Å². The van der Waals surface area contributed by atoms with Crippen LogP contribution in [0.2, 0.25) is 0 Å². The molecule has 0 aliphatic carbocycles. The van der Waals surface area contributed by atoms with Crippen molar-refractivity contribution in [2.75, 3.05) is 12.8 Å². The first kappa shape index (κ1) is 14.0. The summed E-state index contributed by atoms with van der Waals surface area (Å²) >= 11 is 0. The van der Waals surface area contributed by atoms with Gasteiger partial charge in [0.2, 0.25) is 5.82 Å². The fraction of sp³-hybridized carbons (Fsp3) is 0.0833. The summed E-state index contributed by atoms with van der Waals surface area (Å²) in [6, 6.07) is 6.30. The van der Waals surface area contributed by atoms with E-state index in [9.17, 15) is 10.1 Å². The number of nitriles is 1. The van der Waals surface area contributed by atoms with Gasteiger partial charge in [-0.3, -0.25) is 10.1 Å². The molecule has 106 valence electrons. The first-order valence-electron chi connectivity index (χ1n) is 5.57. The van der Waals surface area contributed by atoms with Crippen LogP contribution in [0.3, 0.4) is 0 Å². The maximum atomic E-state index is 11.0. The highest BCUT2D eigenvalue weighted by Gasteiger charge is 2.24. The molecule has 0 unspecified atom stereocenters. The van der Waals surface area contributed by atoms with Crippen molar-refractivity contribution in [3.8, 4) is 23.4 Å². The van der Waals surface area contributed by atoms with E-state index in [1.54, 1.807) is 0 Å². The Morgan fingerprint density at radius 3 is 2.76 bits per heavy atom. The zero-order valence-electron chi connectivity index (χ0n) is 10.8. The molecule has 0 radical (unpaired) electrons. The van der Waals surface area contributed by atoms with Crippen LogP contribution >= 0.6 is 0 Å². The highest BCUT2D eigenvalue weighted by Crippen LogP contribution is 2.36. The third-order valence-electron chi connectivity index (χ3n) is 2.50. The average Bonchev–Trinajstić information content (AvgIpc) is 2.47. The van der Waals surface area contributed by atoms with Crippen LogP contribution in [0.5, 0.6) is 17.4 Å². The topological polar surface area (TPSA) is 137 Å². The summed E-state index contributed by atoms with van der Waals surface area (Å²) in [4.78, 5) is 17.5. The van der Waals surface area contributed by atoms with Crippen molar-refractivity contribution in [3.05, 3.63) is 40.2 Å². The van der Waals surface area contributed by atoms with Gasteiger partial charge in [-0.2, -0.15) is 10.2 Å². The van der Waals surface area contributed by atoms with Gasteiger partial charge in [-0.15, -0.1) is 0 Å². The van der Waals surface area contributed by atoms with Crippen LogP contribution in [0.1, 0.15) is 5.56 Å². The van der Waals surface area contributed by atoms with E-state index in [1.165, 1.54) is 25.3 Å².